The Kier molecular flexibility index (Phi) is 9.98. The number of nitrogens with zero attached hydrogens (tertiary/aromatic N) is 2. The van der Waals surface area contributed by atoms with E-state index in [0.717, 1.165) is 48.6 Å². The highest BCUT2D eigenvalue weighted by Gasteiger charge is 2.35. The number of phosphoric acid groups is 1. The maximum Gasteiger partial charge on any atom is 0.469 e. The van der Waals surface area contributed by atoms with Crippen LogP contribution in [0, 0.1) is 5.82 Å². The van der Waals surface area contributed by atoms with Gasteiger partial charge in [-0.15, -0.1) is 10.2 Å². The van der Waals surface area contributed by atoms with E-state index in [2.05, 4.69) is 14.7 Å². The van der Waals surface area contributed by atoms with Gasteiger partial charge in [-0.05, 0) is 55.2 Å². The highest BCUT2D eigenvalue weighted by molar-refractivity contribution is 7.46. The molecule has 1 aromatic heterocycles. The van der Waals surface area contributed by atoms with E-state index in [9.17, 15) is 22.1 Å². The van der Waals surface area contributed by atoms with Gasteiger partial charge in [-0.25, -0.2) is 8.96 Å². The van der Waals surface area contributed by atoms with Crippen LogP contribution in [0.1, 0.15) is 41.8 Å². The predicted octanol–water partition coefficient (Wildman–Crippen LogP) is 6.20. The van der Waals surface area contributed by atoms with Gasteiger partial charge in [-0.3, -0.25) is 4.52 Å². The third-order valence-electron chi connectivity index (χ3n) is 5.10. The molecule has 0 radical (unpaired) electrons. The summed E-state index contributed by atoms with van der Waals surface area (Å²) in [4.78, 5) is 17.4. The Morgan fingerprint density at radius 1 is 0.917 bits per heavy atom. The largest absolute Gasteiger partial charge is 0.493 e. The van der Waals surface area contributed by atoms with Crippen molar-refractivity contribution in [3.8, 4) is 16.3 Å². The van der Waals surface area contributed by atoms with E-state index in [1.54, 1.807) is 12.1 Å². The Balaban J connectivity index is 1.51. The molecule has 0 aliphatic rings. The zero-order valence-electron chi connectivity index (χ0n) is 19.1. The summed E-state index contributed by atoms with van der Waals surface area (Å²) >= 11 is 1.01. The second-order valence-corrected chi connectivity index (χ2v) is 10.2. The number of ether oxygens (including phenoxy) is 1. The lowest BCUT2D eigenvalue weighted by Crippen LogP contribution is -2.09. The van der Waals surface area contributed by atoms with Crippen molar-refractivity contribution < 1.29 is 41.2 Å². The average Bonchev–Trinajstić information content (AvgIpc) is 3.27. The van der Waals surface area contributed by atoms with Gasteiger partial charge in [0.15, 0.2) is 0 Å². The fourth-order valence-corrected chi connectivity index (χ4v) is 4.50. The summed E-state index contributed by atoms with van der Waals surface area (Å²) in [6, 6.07) is 9.99. The minimum Gasteiger partial charge on any atom is -0.493 e. The molecule has 0 unspecified atom stereocenters. The predicted molar refractivity (Wildman–Crippen MR) is 126 cm³/mol. The Labute approximate surface area is 209 Å². The van der Waals surface area contributed by atoms with E-state index in [-0.39, 0.29) is 41.8 Å². The van der Waals surface area contributed by atoms with Crippen LogP contribution < -0.4 is 4.74 Å². The molecule has 0 saturated heterocycles. The molecule has 0 saturated carbocycles. The van der Waals surface area contributed by atoms with E-state index < -0.39 is 19.6 Å². The van der Waals surface area contributed by atoms with Crippen molar-refractivity contribution in [1.82, 2.24) is 10.2 Å². The molecule has 0 aliphatic carbocycles. The zero-order valence-corrected chi connectivity index (χ0v) is 20.8. The van der Waals surface area contributed by atoms with Gasteiger partial charge in [0.25, 0.3) is 0 Å². The SMILES string of the molecule is O=P(O)(O)OCCc1nnc(-c2ccc(OCCCCCCc3ccc(F)cc3)c(C(F)(F)F)c2)s1. The minimum atomic E-state index is -4.63. The molecule has 13 heteroatoms. The van der Waals surface area contributed by atoms with Crippen molar-refractivity contribution >= 4 is 19.2 Å². The fraction of sp³-hybridized carbons (Fsp3) is 0.391. The molecule has 3 aromatic rings. The van der Waals surface area contributed by atoms with Crippen LogP contribution in [0.3, 0.4) is 0 Å². The smallest absolute Gasteiger partial charge is 0.469 e. The third kappa shape index (κ3) is 9.25. The molecule has 7 nitrogen and oxygen atoms in total. The lowest BCUT2D eigenvalue weighted by atomic mass is 10.1. The molecule has 0 fully saturated rings. The van der Waals surface area contributed by atoms with Gasteiger partial charge in [0, 0.05) is 12.0 Å². The number of unbranched alkanes of at least 4 members (excludes halogenated alkanes) is 3. The monoisotopic (exact) mass is 548 g/mol. The Bertz CT molecular complexity index is 1170. The molecule has 2 N–H and O–H groups in total. The van der Waals surface area contributed by atoms with Crippen molar-refractivity contribution in [2.45, 2.75) is 44.7 Å². The van der Waals surface area contributed by atoms with E-state index in [4.69, 9.17) is 14.5 Å². The average molecular weight is 548 g/mol. The number of hydrogen-bond donors (Lipinski definition) is 2. The first-order valence-corrected chi connectivity index (χ1v) is 13.5. The summed E-state index contributed by atoms with van der Waals surface area (Å²) < 4.78 is 74.4. The molecular weight excluding hydrogens is 523 g/mol. The fourth-order valence-electron chi connectivity index (χ4n) is 3.35. The van der Waals surface area contributed by atoms with Crippen LogP contribution in [0.25, 0.3) is 10.6 Å². The van der Waals surface area contributed by atoms with Gasteiger partial charge < -0.3 is 14.5 Å². The summed E-state index contributed by atoms with van der Waals surface area (Å²) in [5, 5.41) is 8.32. The quantitative estimate of drug-likeness (QED) is 0.149. The van der Waals surface area contributed by atoms with Crippen LogP contribution in [-0.4, -0.2) is 33.2 Å². The lowest BCUT2D eigenvalue weighted by Gasteiger charge is -2.15. The van der Waals surface area contributed by atoms with Crippen molar-refractivity contribution in [2.24, 2.45) is 0 Å². The topological polar surface area (TPSA) is 102 Å². The van der Waals surface area contributed by atoms with Crippen molar-refractivity contribution in [3.05, 3.63) is 64.4 Å². The molecule has 0 amide bonds. The number of aromatic nitrogens is 2. The number of hydrogen-bond acceptors (Lipinski definition) is 6. The number of benzene rings is 2. The molecule has 1 heterocycles. The summed E-state index contributed by atoms with van der Waals surface area (Å²) in [6.45, 7) is -0.159. The van der Waals surface area contributed by atoms with Gasteiger partial charge in [-0.2, -0.15) is 13.2 Å². The molecule has 0 spiro atoms. The van der Waals surface area contributed by atoms with Crippen LogP contribution in [0.4, 0.5) is 17.6 Å². The number of alkyl halides is 3. The maximum atomic E-state index is 13.7. The number of rotatable bonds is 13. The molecule has 196 valence electrons. The molecular formula is C23H25F4N2O5PS. The standard InChI is InChI=1S/C23H25F4N2O5PS/c24-18-9-6-16(7-10-18)5-3-1-2-4-13-33-20-11-8-17(15-19(20)23(25,26)27)22-29-28-21(36-22)12-14-34-35(30,31)32/h6-11,15H,1-5,12-14H2,(H2,30,31,32). The Hall–Kier alpha value is -2.37. The number of aryl methyl sites for hydroxylation is 1. The van der Waals surface area contributed by atoms with E-state index in [1.807, 2.05) is 0 Å². The van der Waals surface area contributed by atoms with Gasteiger partial charge in [0.05, 0.1) is 18.8 Å². The van der Waals surface area contributed by atoms with E-state index >= 15 is 0 Å². The summed E-state index contributed by atoms with van der Waals surface area (Å²) in [5.41, 5.74) is 0.326. The van der Waals surface area contributed by atoms with E-state index in [1.165, 1.54) is 24.3 Å². The van der Waals surface area contributed by atoms with Gasteiger partial charge in [-0.1, -0.05) is 36.3 Å². The van der Waals surface area contributed by atoms with Crippen LogP contribution in [0.15, 0.2) is 42.5 Å². The molecule has 3 rings (SSSR count). The zero-order chi connectivity index (χ0) is 26.2. The number of halogens is 4. The van der Waals surface area contributed by atoms with Crippen LogP contribution >= 0.6 is 19.2 Å². The first kappa shape index (κ1) is 28.2. The first-order chi connectivity index (χ1) is 17.0. The third-order valence-corrected chi connectivity index (χ3v) is 6.66. The second-order valence-electron chi connectivity index (χ2n) is 7.92. The van der Waals surface area contributed by atoms with Gasteiger partial charge in [0.2, 0.25) is 0 Å². The minimum absolute atomic E-state index is 0.0556. The molecule has 36 heavy (non-hydrogen) atoms. The Morgan fingerprint density at radius 2 is 1.64 bits per heavy atom. The lowest BCUT2D eigenvalue weighted by molar-refractivity contribution is -0.138. The number of phosphoric ester groups is 1. The van der Waals surface area contributed by atoms with Crippen molar-refractivity contribution in [3.63, 3.8) is 0 Å². The van der Waals surface area contributed by atoms with Crippen LogP contribution in [0.2, 0.25) is 0 Å². The summed E-state index contributed by atoms with van der Waals surface area (Å²) in [7, 11) is -4.61. The van der Waals surface area contributed by atoms with Crippen LogP contribution in [-0.2, 0) is 28.1 Å². The maximum absolute atomic E-state index is 13.7. The summed E-state index contributed by atoms with van der Waals surface area (Å²) in [5.74, 6) is -0.543. The van der Waals surface area contributed by atoms with Crippen molar-refractivity contribution in [2.75, 3.05) is 13.2 Å². The highest BCUT2D eigenvalue weighted by atomic mass is 32.1. The molecule has 0 aliphatic heterocycles. The highest BCUT2D eigenvalue weighted by Crippen LogP contribution is 2.40. The van der Waals surface area contributed by atoms with Gasteiger partial charge in [0.1, 0.15) is 21.6 Å². The molecule has 0 bridgehead atoms. The molecule has 0 atom stereocenters. The van der Waals surface area contributed by atoms with Crippen molar-refractivity contribution in [1.29, 1.82) is 0 Å². The Morgan fingerprint density at radius 3 is 2.33 bits per heavy atom. The summed E-state index contributed by atoms with van der Waals surface area (Å²) in [6.07, 6.45) is -0.608. The second kappa shape index (κ2) is 12.7. The van der Waals surface area contributed by atoms with Crippen LogP contribution in [0.5, 0.6) is 5.75 Å². The normalized spacial score (nSPS) is 12.2. The first-order valence-electron chi connectivity index (χ1n) is 11.1. The van der Waals surface area contributed by atoms with E-state index in [0.29, 0.717) is 11.4 Å². The molecule has 2 aromatic carbocycles. The van der Waals surface area contributed by atoms with Gasteiger partial charge >= 0.3 is 14.0 Å².